The zero-order chi connectivity index (χ0) is 18.1. The van der Waals surface area contributed by atoms with Crippen LogP contribution in [0, 0.1) is 12.7 Å². The van der Waals surface area contributed by atoms with E-state index in [1.807, 2.05) is 13.0 Å². The van der Waals surface area contributed by atoms with E-state index in [4.69, 9.17) is 4.74 Å². The molecule has 3 heterocycles. The zero-order valence-corrected chi connectivity index (χ0v) is 16.2. The Morgan fingerprint density at radius 1 is 1.08 bits per heavy atom. The van der Waals surface area contributed by atoms with Gasteiger partial charge < -0.3 is 9.64 Å². The molecule has 26 heavy (non-hydrogen) atoms. The maximum Gasteiger partial charge on any atom is 0.123 e. The molecule has 0 aliphatic carbocycles. The van der Waals surface area contributed by atoms with Crippen LogP contribution in [-0.2, 0) is 4.74 Å². The second-order valence-electron chi connectivity index (χ2n) is 8.38. The molecule has 3 aliphatic heterocycles. The van der Waals surface area contributed by atoms with Crippen molar-refractivity contribution in [1.29, 1.82) is 0 Å². The van der Waals surface area contributed by atoms with Gasteiger partial charge in [-0.3, -0.25) is 9.80 Å². The summed E-state index contributed by atoms with van der Waals surface area (Å²) in [5.41, 5.74) is 2.56. The minimum atomic E-state index is -0.139. The SMILES string of the molecule is Cc1cc(F)ccc1N1CCC(N2CCN(C)C3(CCOCC3)C2)CC1. The van der Waals surface area contributed by atoms with Crippen LogP contribution in [0.2, 0.25) is 0 Å². The summed E-state index contributed by atoms with van der Waals surface area (Å²) < 4.78 is 19.0. The van der Waals surface area contributed by atoms with Gasteiger partial charge in [0.1, 0.15) is 5.82 Å². The number of benzene rings is 1. The number of hydrogen-bond acceptors (Lipinski definition) is 4. The monoisotopic (exact) mass is 361 g/mol. The molecule has 0 aromatic heterocycles. The van der Waals surface area contributed by atoms with Gasteiger partial charge in [0.15, 0.2) is 0 Å². The van der Waals surface area contributed by atoms with Crippen LogP contribution in [-0.4, -0.2) is 74.4 Å². The second kappa shape index (κ2) is 7.45. The fourth-order valence-corrected chi connectivity index (χ4v) is 5.14. The number of hydrogen-bond donors (Lipinski definition) is 0. The number of halogens is 1. The highest BCUT2D eigenvalue weighted by Crippen LogP contribution is 2.33. The van der Waals surface area contributed by atoms with Crippen LogP contribution in [0.1, 0.15) is 31.2 Å². The van der Waals surface area contributed by atoms with E-state index in [2.05, 4.69) is 21.7 Å². The first-order valence-electron chi connectivity index (χ1n) is 10.1. The minimum absolute atomic E-state index is 0.139. The molecule has 0 N–H and O–H groups in total. The molecule has 0 saturated carbocycles. The van der Waals surface area contributed by atoms with Crippen molar-refractivity contribution < 1.29 is 9.13 Å². The molecule has 4 rings (SSSR count). The van der Waals surface area contributed by atoms with E-state index in [0.29, 0.717) is 11.6 Å². The molecule has 144 valence electrons. The number of rotatable bonds is 2. The van der Waals surface area contributed by atoms with Gasteiger partial charge in [-0.2, -0.15) is 0 Å². The van der Waals surface area contributed by atoms with Crippen molar-refractivity contribution in [3.05, 3.63) is 29.6 Å². The van der Waals surface area contributed by atoms with Gasteiger partial charge in [0.2, 0.25) is 0 Å². The van der Waals surface area contributed by atoms with Crippen LogP contribution in [0.3, 0.4) is 0 Å². The molecule has 0 atom stereocenters. The third-order valence-corrected chi connectivity index (χ3v) is 6.93. The lowest BCUT2D eigenvalue weighted by atomic mass is 9.84. The fraction of sp³-hybridized carbons (Fsp3) is 0.714. The van der Waals surface area contributed by atoms with Crippen molar-refractivity contribution in [2.75, 3.05) is 57.9 Å². The van der Waals surface area contributed by atoms with Crippen LogP contribution in [0.25, 0.3) is 0 Å². The maximum atomic E-state index is 13.4. The van der Waals surface area contributed by atoms with E-state index in [9.17, 15) is 4.39 Å². The molecule has 1 aromatic rings. The van der Waals surface area contributed by atoms with Crippen molar-refractivity contribution in [2.45, 2.75) is 44.2 Å². The number of piperazine rings is 1. The van der Waals surface area contributed by atoms with Gasteiger partial charge in [-0.25, -0.2) is 4.39 Å². The molecular formula is C21H32FN3O. The van der Waals surface area contributed by atoms with Gasteiger partial charge in [0, 0.05) is 63.2 Å². The highest BCUT2D eigenvalue weighted by molar-refractivity contribution is 5.53. The molecule has 4 nitrogen and oxygen atoms in total. The smallest absolute Gasteiger partial charge is 0.123 e. The van der Waals surface area contributed by atoms with Gasteiger partial charge >= 0.3 is 0 Å². The summed E-state index contributed by atoms with van der Waals surface area (Å²) in [6, 6.07) is 5.86. The Morgan fingerprint density at radius 3 is 2.50 bits per heavy atom. The lowest BCUT2D eigenvalue weighted by Crippen LogP contribution is -2.65. The first-order valence-corrected chi connectivity index (χ1v) is 10.1. The normalized spacial score (nSPS) is 25.7. The topological polar surface area (TPSA) is 19.0 Å². The molecule has 1 aromatic carbocycles. The lowest BCUT2D eigenvalue weighted by molar-refractivity contribution is -0.0718. The second-order valence-corrected chi connectivity index (χ2v) is 8.38. The zero-order valence-electron chi connectivity index (χ0n) is 16.2. The summed E-state index contributed by atoms with van der Waals surface area (Å²) in [7, 11) is 2.29. The van der Waals surface area contributed by atoms with Crippen molar-refractivity contribution >= 4 is 5.69 Å². The minimum Gasteiger partial charge on any atom is -0.381 e. The van der Waals surface area contributed by atoms with Crippen LogP contribution < -0.4 is 4.90 Å². The maximum absolute atomic E-state index is 13.4. The average molecular weight is 362 g/mol. The third-order valence-electron chi connectivity index (χ3n) is 6.93. The number of aryl methyl sites for hydroxylation is 1. The summed E-state index contributed by atoms with van der Waals surface area (Å²) in [6.07, 6.45) is 4.72. The number of likely N-dealkylation sites (N-methyl/N-ethyl adjacent to an activating group) is 1. The summed E-state index contributed by atoms with van der Waals surface area (Å²) in [6.45, 7) is 9.49. The van der Waals surface area contributed by atoms with Gasteiger partial charge in [0.05, 0.1) is 0 Å². The number of ether oxygens (including phenoxy) is 1. The van der Waals surface area contributed by atoms with Gasteiger partial charge in [-0.15, -0.1) is 0 Å². The molecule has 0 bridgehead atoms. The largest absolute Gasteiger partial charge is 0.381 e. The highest BCUT2D eigenvalue weighted by Gasteiger charge is 2.42. The van der Waals surface area contributed by atoms with Gasteiger partial charge in [-0.05, 0) is 63.4 Å². The summed E-state index contributed by atoms with van der Waals surface area (Å²) in [5, 5.41) is 0. The summed E-state index contributed by atoms with van der Waals surface area (Å²) >= 11 is 0. The molecular weight excluding hydrogens is 329 g/mol. The van der Waals surface area contributed by atoms with Crippen LogP contribution in [0.4, 0.5) is 10.1 Å². The predicted molar refractivity (Wildman–Crippen MR) is 103 cm³/mol. The van der Waals surface area contributed by atoms with E-state index in [-0.39, 0.29) is 5.82 Å². The predicted octanol–water partition coefficient (Wildman–Crippen LogP) is 2.90. The van der Waals surface area contributed by atoms with Crippen molar-refractivity contribution in [3.8, 4) is 0 Å². The first kappa shape index (κ1) is 18.2. The van der Waals surface area contributed by atoms with Crippen LogP contribution in [0.5, 0.6) is 0 Å². The quantitative estimate of drug-likeness (QED) is 0.806. The van der Waals surface area contributed by atoms with E-state index < -0.39 is 0 Å². The van der Waals surface area contributed by atoms with Gasteiger partial charge in [-0.1, -0.05) is 0 Å². The Hall–Kier alpha value is -1.17. The van der Waals surface area contributed by atoms with Crippen molar-refractivity contribution in [3.63, 3.8) is 0 Å². The number of nitrogens with zero attached hydrogens (tertiary/aromatic N) is 3. The molecule has 0 radical (unpaired) electrons. The molecule has 3 fully saturated rings. The molecule has 3 aliphatic rings. The van der Waals surface area contributed by atoms with E-state index >= 15 is 0 Å². The van der Waals surface area contributed by atoms with Crippen LogP contribution >= 0.6 is 0 Å². The Kier molecular flexibility index (Phi) is 5.22. The Balaban J connectivity index is 1.38. The molecule has 0 amide bonds. The summed E-state index contributed by atoms with van der Waals surface area (Å²) in [5.74, 6) is -0.139. The average Bonchev–Trinajstić information content (AvgIpc) is 2.65. The van der Waals surface area contributed by atoms with E-state index in [0.717, 1.165) is 51.3 Å². The molecule has 3 saturated heterocycles. The first-order chi connectivity index (χ1) is 12.6. The lowest BCUT2D eigenvalue weighted by Gasteiger charge is -2.54. The molecule has 5 heteroatoms. The Morgan fingerprint density at radius 2 is 1.81 bits per heavy atom. The molecule has 0 unspecified atom stereocenters. The fourth-order valence-electron chi connectivity index (χ4n) is 5.14. The molecule has 1 spiro atoms. The third kappa shape index (κ3) is 3.49. The van der Waals surface area contributed by atoms with Crippen molar-refractivity contribution in [2.24, 2.45) is 0 Å². The highest BCUT2D eigenvalue weighted by atomic mass is 19.1. The van der Waals surface area contributed by atoms with Gasteiger partial charge in [0.25, 0.3) is 0 Å². The van der Waals surface area contributed by atoms with Crippen molar-refractivity contribution in [1.82, 2.24) is 9.80 Å². The summed E-state index contributed by atoms with van der Waals surface area (Å²) in [4.78, 5) is 7.77. The van der Waals surface area contributed by atoms with Crippen LogP contribution in [0.15, 0.2) is 18.2 Å². The van der Waals surface area contributed by atoms with E-state index in [1.165, 1.54) is 31.6 Å². The van der Waals surface area contributed by atoms with E-state index in [1.54, 1.807) is 12.1 Å². The standard InChI is InChI=1S/C21H32FN3O/c1-17-15-18(22)3-4-20(17)24-9-5-19(6-10-24)25-12-11-23(2)21(16-25)7-13-26-14-8-21/h3-4,15,19H,5-14,16H2,1-2H3. The Labute approximate surface area is 156 Å². The number of piperidine rings is 1. The Bertz CT molecular complexity index is 624. The number of anilines is 1.